The second-order valence-corrected chi connectivity index (χ2v) is 5.81. The molecule has 110 valence electrons. The average Bonchev–Trinajstić information content (AvgIpc) is 2.64. The summed E-state index contributed by atoms with van der Waals surface area (Å²) < 4.78 is 0. The molecule has 0 radical (unpaired) electrons. The summed E-state index contributed by atoms with van der Waals surface area (Å²) in [5.74, 6) is 0.786. The molecule has 1 aromatic rings. The topological polar surface area (TPSA) is 67.2 Å². The molecule has 2 amide bonds. The van der Waals surface area contributed by atoms with E-state index < -0.39 is 0 Å². The standard InChI is InChI=1S/C16H25N3O/c1-12-3-2-4-14(8-5-12)18-16(20)19-15-9-6-13(11-17)7-10-15/h6-7,9-10,12,14H,2-5,8,11,17H2,1H3,(H2,18,19,20). The zero-order chi connectivity index (χ0) is 14.4. The lowest BCUT2D eigenvalue weighted by molar-refractivity contribution is 0.247. The molecule has 2 rings (SSSR count). The summed E-state index contributed by atoms with van der Waals surface area (Å²) in [5.41, 5.74) is 7.42. The van der Waals surface area contributed by atoms with Crippen LogP contribution in [0.15, 0.2) is 24.3 Å². The minimum atomic E-state index is -0.106. The minimum absolute atomic E-state index is 0.106. The fraction of sp³-hybridized carbons (Fsp3) is 0.562. The first-order chi connectivity index (χ1) is 9.67. The molecule has 0 bridgehead atoms. The molecular formula is C16H25N3O. The van der Waals surface area contributed by atoms with Crippen molar-refractivity contribution in [2.24, 2.45) is 11.7 Å². The van der Waals surface area contributed by atoms with Crippen LogP contribution < -0.4 is 16.4 Å². The molecule has 0 heterocycles. The van der Waals surface area contributed by atoms with E-state index in [2.05, 4.69) is 17.6 Å². The van der Waals surface area contributed by atoms with Gasteiger partial charge in [-0.1, -0.05) is 31.9 Å². The van der Waals surface area contributed by atoms with Crippen molar-refractivity contribution in [3.8, 4) is 0 Å². The van der Waals surface area contributed by atoms with Crippen molar-refractivity contribution in [2.45, 2.75) is 51.6 Å². The molecule has 4 N–H and O–H groups in total. The number of carbonyl (C=O) groups is 1. The molecule has 0 aromatic heterocycles. The molecule has 2 atom stereocenters. The maximum atomic E-state index is 12.0. The summed E-state index contributed by atoms with van der Waals surface area (Å²) in [6.07, 6.45) is 5.86. The summed E-state index contributed by atoms with van der Waals surface area (Å²) in [5, 5.41) is 5.96. The fourth-order valence-electron chi connectivity index (χ4n) is 2.71. The van der Waals surface area contributed by atoms with Crippen molar-refractivity contribution in [1.29, 1.82) is 0 Å². The zero-order valence-electron chi connectivity index (χ0n) is 12.2. The number of hydrogen-bond acceptors (Lipinski definition) is 2. The van der Waals surface area contributed by atoms with E-state index in [0.29, 0.717) is 12.6 Å². The monoisotopic (exact) mass is 275 g/mol. The second-order valence-electron chi connectivity index (χ2n) is 5.81. The van der Waals surface area contributed by atoms with E-state index in [1.165, 1.54) is 19.3 Å². The number of carbonyl (C=O) groups excluding carboxylic acids is 1. The Bertz CT molecular complexity index is 430. The minimum Gasteiger partial charge on any atom is -0.335 e. The Morgan fingerprint density at radius 1 is 1.20 bits per heavy atom. The van der Waals surface area contributed by atoms with Crippen molar-refractivity contribution >= 4 is 11.7 Å². The zero-order valence-corrected chi connectivity index (χ0v) is 12.2. The van der Waals surface area contributed by atoms with E-state index in [-0.39, 0.29) is 6.03 Å². The van der Waals surface area contributed by atoms with E-state index >= 15 is 0 Å². The summed E-state index contributed by atoms with van der Waals surface area (Å²) in [4.78, 5) is 12.0. The van der Waals surface area contributed by atoms with E-state index in [9.17, 15) is 4.79 Å². The van der Waals surface area contributed by atoms with Gasteiger partial charge in [-0.3, -0.25) is 0 Å². The van der Waals surface area contributed by atoms with Crippen LogP contribution in [0.3, 0.4) is 0 Å². The number of amides is 2. The van der Waals surface area contributed by atoms with E-state index in [1.54, 1.807) is 0 Å². The predicted octanol–water partition coefficient (Wildman–Crippen LogP) is 3.24. The third-order valence-electron chi connectivity index (χ3n) is 4.04. The van der Waals surface area contributed by atoms with Gasteiger partial charge in [0.25, 0.3) is 0 Å². The van der Waals surface area contributed by atoms with Crippen LogP contribution in [0.1, 0.15) is 44.6 Å². The first kappa shape index (κ1) is 14.9. The summed E-state index contributed by atoms with van der Waals surface area (Å²) >= 11 is 0. The van der Waals surface area contributed by atoms with Crippen molar-refractivity contribution in [3.63, 3.8) is 0 Å². The average molecular weight is 275 g/mol. The number of nitrogens with two attached hydrogens (primary N) is 1. The van der Waals surface area contributed by atoms with Crippen LogP contribution in [0.4, 0.5) is 10.5 Å². The SMILES string of the molecule is CC1CCCC(NC(=O)Nc2ccc(CN)cc2)CC1. The Hall–Kier alpha value is -1.55. The highest BCUT2D eigenvalue weighted by Crippen LogP contribution is 2.22. The van der Waals surface area contributed by atoms with Crippen LogP contribution >= 0.6 is 0 Å². The van der Waals surface area contributed by atoms with Gasteiger partial charge in [0.2, 0.25) is 0 Å². The van der Waals surface area contributed by atoms with Crippen molar-refractivity contribution in [2.75, 3.05) is 5.32 Å². The van der Waals surface area contributed by atoms with Crippen molar-refractivity contribution in [3.05, 3.63) is 29.8 Å². The van der Waals surface area contributed by atoms with Crippen LogP contribution in [0.2, 0.25) is 0 Å². The summed E-state index contributed by atoms with van der Waals surface area (Å²) in [6, 6.07) is 7.84. The van der Waals surface area contributed by atoms with Crippen LogP contribution in [-0.2, 0) is 6.54 Å². The molecule has 4 nitrogen and oxygen atoms in total. The highest BCUT2D eigenvalue weighted by molar-refractivity contribution is 5.89. The first-order valence-corrected chi connectivity index (χ1v) is 7.54. The van der Waals surface area contributed by atoms with Crippen LogP contribution in [0, 0.1) is 5.92 Å². The van der Waals surface area contributed by atoms with Gasteiger partial charge < -0.3 is 16.4 Å². The Kier molecular flexibility index (Phi) is 5.41. The Morgan fingerprint density at radius 3 is 2.65 bits per heavy atom. The molecule has 1 aromatic carbocycles. The number of benzene rings is 1. The number of nitrogens with one attached hydrogen (secondary N) is 2. The normalized spacial score (nSPS) is 22.9. The first-order valence-electron chi connectivity index (χ1n) is 7.54. The molecule has 2 unspecified atom stereocenters. The molecule has 0 aliphatic heterocycles. The van der Waals surface area contributed by atoms with E-state index in [0.717, 1.165) is 30.0 Å². The quantitative estimate of drug-likeness (QED) is 0.741. The van der Waals surface area contributed by atoms with E-state index in [1.807, 2.05) is 24.3 Å². The van der Waals surface area contributed by atoms with Crippen molar-refractivity contribution < 1.29 is 4.79 Å². The van der Waals surface area contributed by atoms with Gasteiger partial charge in [-0.2, -0.15) is 0 Å². The molecule has 1 fully saturated rings. The Labute approximate surface area is 121 Å². The molecule has 1 aliphatic carbocycles. The number of urea groups is 1. The lowest BCUT2D eigenvalue weighted by Gasteiger charge is -2.17. The van der Waals surface area contributed by atoms with E-state index in [4.69, 9.17) is 5.73 Å². The molecule has 1 saturated carbocycles. The molecule has 0 saturated heterocycles. The summed E-state index contributed by atoms with van der Waals surface area (Å²) in [6.45, 7) is 2.81. The smallest absolute Gasteiger partial charge is 0.319 e. The van der Waals surface area contributed by atoms with Gasteiger partial charge in [0, 0.05) is 18.3 Å². The second kappa shape index (κ2) is 7.29. The van der Waals surface area contributed by atoms with Gasteiger partial charge >= 0.3 is 6.03 Å². The highest BCUT2D eigenvalue weighted by atomic mass is 16.2. The van der Waals surface area contributed by atoms with Gasteiger partial charge in [0.1, 0.15) is 0 Å². The maximum Gasteiger partial charge on any atom is 0.319 e. The summed E-state index contributed by atoms with van der Waals surface area (Å²) in [7, 11) is 0. The van der Waals surface area contributed by atoms with Crippen LogP contribution in [0.5, 0.6) is 0 Å². The Balaban J connectivity index is 1.82. The van der Waals surface area contributed by atoms with Gasteiger partial charge in [0.15, 0.2) is 0 Å². The van der Waals surface area contributed by atoms with Crippen LogP contribution in [-0.4, -0.2) is 12.1 Å². The third kappa shape index (κ3) is 4.53. The molecular weight excluding hydrogens is 250 g/mol. The van der Waals surface area contributed by atoms with Gasteiger partial charge in [-0.05, 0) is 42.9 Å². The molecule has 4 heteroatoms. The van der Waals surface area contributed by atoms with Crippen LogP contribution in [0.25, 0.3) is 0 Å². The van der Waals surface area contributed by atoms with Gasteiger partial charge in [-0.25, -0.2) is 4.79 Å². The number of rotatable bonds is 3. The molecule has 20 heavy (non-hydrogen) atoms. The van der Waals surface area contributed by atoms with Gasteiger partial charge in [0.05, 0.1) is 0 Å². The highest BCUT2D eigenvalue weighted by Gasteiger charge is 2.17. The third-order valence-corrected chi connectivity index (χ3v) is 4.04. The molecule has 0 spiro atoms. The maximum absolute atomic E-state index is 12.0. The lowest BCUT2D eigenvalue weighted by Crippen LogP contribution is -2.37. The Morgan fingerprint density at radius 2 is 1.95 bits per heavy atom. The van der Waals surface area contributed by atoms with Crippen molar-refractivity contribution in [1.82, 2.24) is 5.32 Å². The van der Waals surface area contributed by atoms with Gasteiger partial charge in [-0.15, -0.1) is 0 Å². The number of hydrogen-bond donors (Lipinski definition) is 3. The molecule has 1 aliphatic rings. The number of anilines is 1. The largest absolute Gasteiger partial charge is 0.335 e. The fourth-order valence-corrected chi connectivity index (χ4v) is 2.71. The predicted molar refractivity (Wildman–Crippen MR) is 82.5 cm³/mol. The lowest BCUT2D eigenvalue weighted by atomic mass is 10.0.